The van der Waals surface area contributed by atoms with Gasteiger partial charge in [-0.1, -0.05) is 82.0 Å². The van der Waals surface area contributed by atoms with Gasteiger partial charge in [0.1, 0.15) is 12.6 Å². The summed E-state index contributed by atoms with van der Waals surface area (Å²) in [5, 5.41) is 3.73. The first-order chi connectivity index (χ1) is 18.0. The molecule has 7 nitrogen and oxygen atoms in total. The van der Waals surface area contributed by atoms with Crippen LogP contribution in [-0.2, 0) is 26.2 Å². The summed E-state index contributed by atoms with van der Waals surface area (Å²) in [6, 6.07) is 13.7. The fraction of sp³-hybridized carbons (Fsp3) is 0.517. The number of hydrogen-bond donors (Lipinski definition) is 1. The SMILES string of the molecule is CC[C@@H](C(=O)NC1CCCCC1)N(Cc1ccc(Cl)cc1)C(=O)CN(c1ccccc1C(C)C)S(C)(=O)=O. The van der Waals surface area contributed by atoms with Gasteiger partial charge in [-0.3, -0.25) is 13.9 Å². The molecule has 0 aliphatic heterocycles. The van der Waals surface area contributed by atoms with Crippen LogP contribution in [0.25, 0.3) is 0 Å². The van der Waals surface area contributed by atoms with Crippen LogP contribution in [0.1, 0.15) is 76.3 Å². The fourth-order valence-corrected chi connectivity index (χ4v) is 6.04. The first kappa shape index (κ1) is 30.0. The number of carbonyl (C=O) groups excluding carboxylic acids is 2. The molecule has 0 radical (unpaired) electrons. The highest BCUT2D eigenvalue weighted by Gasteiger charge is 2.33. The first-order valence-electron chi connectivity index (χ1n) is 13.4. The zero-order valence-electron chi connectivity index (χ0n) is 22.8. The van der Waals surface area contributed by atoms with Crippen LogP contribution < -0.4 is 9.62 Å². The van der Waals surface area contributed by atoms with Crippen LogP contribution in [-0.4, -0.2) is 50.0 Å². The van der Waals surface area contributed by atoms with E-state index in [0.717, 1.165) is 47.4 Å². The number of carbonyl (C=O) groups is 2. The molecule has 0 saturated heterocycles. The molecule has 1 N–H and O–H groups in total. The number of sulfonamides is 1. The Hall–Kier alpha value is -2.58. The summed E-state index contributed by atoms with van der Waals surface area (Å²) in [5.74, 6) is -0.579. The average Bonchev–Trinajstić information content (AvgIpc) is 2.88. The number of nitrogens with zero attached hydrogens (tertiary/aromatic N) is 2. The molecule has 2 aromatic carbocycles. The molecule has 3 rings (SSSR count). The largest absolute Gasteiger partial charge is 0.352 e. The number of nitrogens with one attached hydrogen (secondary N) is 1. The van der Waals surface area contributed by atoms with Gasteiger partial charge in [0, 0.05) is 17.6 Å². The van der Waals surface area contributed by atoms with Crippen LogP contribution >= 0.6 is 11.6 Å². The van der Waals surface area contributed by atoms with E-state index in [4.69, 9.17) is 11.6 Å². The molecular weight excluding hydrogens is 522 g/mol. The van der Waals surface area contributed by atoms with Gasteiger partial charge < -0.3 is 10.2 Å². The van der Waals surface area contributed by atoms with Crippen molar-refractivity contribution in [3.63, 3.8) is 0 Å². The second-order valence-electron chi connectivity index (χ2n) is 10.4. The normalized spacial score (nSPS) is 15.2. The third-order valence-corrected chi connectivity index (χ3v) is 8.49. The van der Waals surface area contributed by atoms with Gasteiger partial charge in [-0.05, 0) is 54.5 Å². The van der Waals surface area contributed by atoms with Crippen molar-refractivity contribution >= 4 is 39.1 Å². The summed E-state index contributed by atoms with van der Waals surface area (Å²) in [4.78, 5) is 28.9. The Morgan fingerprint density at radius 2 is 1.66 bits per heavy atom. The van der Waals surface area contributed by atoms with E-state index < -0.39 is 28.5 Å². The quantitative estimate of drug-likeness (QED) is 0.393. The lowest BCUT2D eigenvalue weighted by atomic mass is 9.95. The van der Waals surface area contributed by atoms with Crippen molar-refractivity contribution in [3.05, 3.63) is 64.7 Å². The van der Waals surface area contributed by atoms with Crippen LogP contribution in [0.5, 0.6) is 0 Å². The molecule has 0 spiro atoms. The van der Waals surface area contributed by atoms with E-state index in [1.165, 1.54) is 11.3 Å². The minimum Gasteiger partial charge on any atom is -0.352 e. The van der Waals surface area contributed by atoms with Crippen molar-refractivity contribution in [2.75, 3.05) is 17.1 Å². The molecule has 0 unspecified atom stereocenters. The summed E-state index contributed by atoms with van der Waals surface area (Å²) in [5.41, 5.74) is 2.11. The number of anilines is 1. The molecule has 2 amide bonds. The van der Waals surface area contributed by atoms with Gasteiger partial charge in [-0.25, -0.2) is 8.42 Å². The summed E-state index contributed by atoms with van der Waals surface area (Å²) in [6.07, 6.45) is 6.70. The van der Waals surface area contributed by atoms with Crippen molar-refractivity contribution in [1.82, 2.24) is 10.2 Å². The van der Waals surface area contributed by atoms with E-state index in [1.807, 2.05) is 45.0 Å². The zero-order valence-corrected chi connectivity index (χ0v) is 24.4. The van der Waals surface area contributed by atoms with Crippen molar-refractivity contribution in [1.29, 1.82) is 0 Å². The number of para-hydroxylation sites is 1. The Balaban J connectivity index is 1.95. The van der Waals surface area contributed by atoms with Crippen LogP contribution in [0, 0.1) is 0 Å². The maximum absolute atomic E-state index is 13.9. The van der Waals surface area contributed by atoms with Crippen molar-refractivity contribution in [2.24, 2.45) is 0 Å². The number of hydrogen-bond acceptors (Lipinski definition) is 4. The standard InChI is InChI=1S/C29H40ClN3O4S/c1-5-26(29(35)31-24-11-7-6-8-12-24)32(19-22-15-17-23(30)18-16-22)28(34)20-33(38(4,36)37)27-14-10-9-13-25(27)21(2)3/h9-10,13-18,21,24,26H,5-8,11-12,19-20H2,1-4H3,(H,31,35)/t26-/m0/s1. The lowest BCUT2D eigenvalue weighted by Crippen LogP contribution is -2.54. The van der Waals surface area contributed by atoms with Crippen molar-refractivity contribution < 1.29 is 18.0 Å². The highest BCUT2D eigenvalue weighted by molar-refractivity contribution is 7.92. The second kappa shape index (κ2) is 13.5. The highest BCUT2D eigenvalue weighted by atomic mass is 35.5. The topological polar surface area (TPSA) is 86.8 Å². The number of rotatable bonds is 11. The summed E-state index contributed by atoms with van der Waals surface area (Å²) < 4.78 is 27.1. The molecule has 9 heteroatoms. The lowest BCUT2D eigenvalue weighted by Gasteiger charge is -2.34. The third-order valence-electron chi connectivity index (χ3n) is 7.11. The first-order valence-corrected chi connectivity index (χ1v) is 15.6. The number of amides is 2. The molecule has 0 aromatic heterocycles. The summed E-state index contributed by atoms with van der Waals surface area (Å²) >= 11 is 6.07. The van der Waals surface area contributed by atoms with E-state index >= 15 is 0 Å². The van der Waals surface area contributed by atoms with Crippen molar-refractivity contribution in [3.8, 4) is 0 Å². The molecule has 0 heterocycles. The van der Waals surface area contributed by atoms with E-state index in [1.54, 1.807) is 24.3 Å². The van der Waals surface area contributed by atoms with Gasteiger partial charge in [-0.2, -0.15) is 0 Å². The van der Waals surface area contributed by atoms with Crippen LogP contribution in [0.2, 0.25) is 5.02 Å². The van der Waals surface area contributed by atoms with E-state index in [-0.39, 0.29) is 24.4 Å². The minimum atomic E-state index is -3.79. The maximum Gasteiger partial charge on any atom is 0.244 e. The maximum atomic E-state index is 13.9. The van der Waals surface area contributed by atoms with Gasteiger partial charge in [0.15, 0.2) is 0 Å². The van der Waals surface area contributed by atoms with Crippen LogP contribution in [0.3, 0.4) is 0 Å². The highest BCUT2D eigenvalue weighted by Crippen LogP contribution is 2.29. The molecule has 1 aliphatic carbocycles. The van der Waals surface area contributed by atoms with E-state index in [9.17, 15) is 18.0 Å². The predicted octanol–water partition coefficient (Wildman–Crippen LogP) is 5.49. The second-order valence-corrected chi connectivity index (χ2v) is 12.7. The summed E-state index contributed by atoms with van der Waals surface area (Å²) in [7, 11) is -3.79. The third kappa shape index (κ3) is 7.96. The molecule has 1 fully saturated rings. The van der Waals surface area contributed by atoms with Gasteiger partial charge >= 0.3 is 0 Å². The molecule has 0 bridgehead atoms. The molecule has 208 valence electrons. The Bertz CT molecular complexity index is 1190. The van der Waals surface area contributed by atoms with Gasteiger partial charge in [-0.15, -0.1) is 0 Å². The Morgan fingerprint density at radius 1 is 1.03 bits per heavy atom. The molecular formula is C29H40ClN3O4S. The Labute approximate surface area is 232 Å². The Morgan fingerprint density at radius 3 is 2.24 bits per heavy atom. The molecule has 1 aliphatic rings. The van der Waals surface area contributed by atoms with Gasteiger partial charge in [0.05, 0.1) is 11.9 Å². The number of benzene rings is 2. The molecule has 1 saturated carbocycles. The average molecular weight is 562 g/mol. The van der Waals surface area contributed by atoms with Gasteiger partial charge in [0.2, 0.25) is 21.8 Å². The fourth-order valence-electron chi connectivity index (χ4n) is 5.05. The van der Waals surface area contributed by atoms with Crippen LogP contribution in [0.15, 0.2) is 48.5 Å². The molecule has 38 heavy (non-hydrogen) atoms. The lowest BCUT2D eigenvalue weighted by molar-refractivity contribution is -0.140. The minimum absolute atomic E-state index is 0.0559. The van der Waals surface area contributed by atoms with Gasteiger partial charge in [0.25, 0.3) is 0 Å². The van der Waals surface area contributed by atoms with E-state index in [0.29, 0.717) is 17.1 Å². The van der Waals surface area contributed by atoms with Crippen LogP contribution in [0.4, 0.5) is 5.69 Å². The smallest absolute Gasteiger partial charge is 0.244 e. The van der Waals surface area contributed by atoms with E-state index in [2.05, 4.69) is 5.32 Å². The van der Waals surface area contributed by atoms with Crippen molar-refractivity contribution in [2.45, 2.75) is 83.8 Å². The molecule has 1 atom stereocenters. The number of halogens is 1. The predicted molar refractivity (Wildman–Crippen MR) is 154 cm³/mol. The summed E-state index contributed by atoms with van der Waals surface area (Å²) in [6.45, 7) is 5.60. The Kier molecular flexibility index (Phi) is 10.6. The zero-order chi connectivity index (χ0) is 27.9. The molecule has 2 aromatic rings. The monoisotopic (exact) mass is 561 g/mol.